The minimum absolute atomic E-state index is 0.105. The standard InChI is InChI=1S/C14H19ClFN5/c1-8(9-3-4-9)6-20-18-14-11(16)5-12(21(14)20)13-10(15)7-19(2)17-13/h7,9,11-12,14,18H,1,3-6H2,2H3. The van der Waals surface area contributed by atoms with Crippen LogP contribution in [0.4, 0.5) is 4.39 Å². The van der Waals surface area contributed by atoms with Crippen molar-refractivity contribution in [2.24, 2.45) is 13.0 Å². The lowest BCUT2D eigenvalue weighted by Gasteiger charge is -2.50. The van der Waals surface area contributed by atoms with Crippen molar-refractivity contribution in [3.8, 4) is 0 Å². The molecule has 114 valence electrons. The van der Waals surface area contributed by atoms with E-state index in [1.54, 1.807) is 10.9 Å². The first-order valence-electron chi connectivity index (χ1n) is 7.37. The molecule has 3 fully saturated rings. The molecule has 7 heteroatoms. The van der Waals surface area contributed by atoms with Crippen molar-refractivity contribution in [1.29, 1.82) is 0 Å². The Morgan fingerprint density at radius 2 is 2.33 bits per heavy atom. The highest BCUT2D eigenvalue weighted by Crippen LogP contribution is 2.44. The lowest BCUT2D eigenvalue weighted by Crippen LogP contribution is -2.73. The Morgan fingerprint density at radius 1 is 1.57 bits per heavy atom. The predicted octanol–water partition coefficient (Wildman–Crippen LogP) is 2.19. The molecular formula is C14H19ClFN5. The van der Waals surface area contributed by atoms with Crippen LogP contribution in [0.1, 0.15) is 31.0 Å². The minimum atomic E-state index is -0.904. The zero-order valence-electron chi connectivity index (χ0n) is 12.0. The Hall–Kier alpha value is -0.950. The smallest absolute Gasteiger partial charge is 0.133 e. The third-order valence-electron chi connectivity index (χ3n) is 4.59. The molecule has 1 N–H and O–H groups in total. The Kier molecular flexibility index (Phi) is 3.11. The maximum atomic E-state index is 14.1. The highest BCUT2D eigenvalue weighted by Gasteiger charge is 2.54. The summed E-state index contributed by atoms with van der Waals surface area (Å²) in [5.74, 6) is 0.645. The van der Waals surface area contributed by atoms with E-state index in [9.17, 15) is 4.39 Å². The van der Waals surface area contributed by atoms with Gasteiger partial charge in [-0.2, -0.15) is 15.2 Å². The molecule has 2 saturated heterocycles. The number of rotatable bonds is 4. The average molecular weight is 312 g/mol. The van der Waals surface area contributed by atoms with Crippen LogP contribution in [-0.2, 0) is 7.05 Å². The van der Waals surface area contributed by atoms with Gasteiger partial charge in [0.25, 0.3) is 0 Å². The molecule has 2 aliphatic heterocycles. The summed E-state index contributed by atoms with van der Waals surface area (Å²) in [5.41, 5.74) is 5.15. The van der Waals surface area contributed by atoms with Crippen LogP contribution in [0, 0.1) is 5.92 Å². The van der Waals surface area contributed by atoms with Gasteiger partial charge in [0.2, 0.25) is 0 Å². The molecule has 0 spiro atoms. The fourth-order valence-electron chi connectivity index (χ4n) is 3.31. The number of halogens is 2. The maximum Gasteiger partial charge on any atom is 0.133 e. The van der Waals surface area contributed by atoms with E-state index in [1.165, 1.54) is 18.4 Å². The van der Waals surface area contributed by atoms with Crippen molar-refractivity contribution in [2.45, 2.75) is 37.6 Å². The Labute approximate surface area is 128 Å². The van der Waals surface area contributed by atoms with Crippen LogP contribution < -0.4 is 5.43 Å². The summed E-state index contributed by atoms with van der Waals surface area (Å²) in [6.07, 6.45) is 3.48. The molecule has 1 saturated carbocycles. The fourth-order valence-corrected chi connectivity index (χ4v) is 3.62. The zero-order valence-corrected chi connectivity index (χ0v) is 12.7. The van der Waals surface area contributed by atoms with Crippen LogP contribution in [-0.4, -0.2) is 38.8 Å². The van der Waals surface area contributed by atoms with E-state index in [0.717, 1.165) is 12.2 Å². The Bertz CT molecular complexity index is 584. The van der Waals surface area contributed by atoms with E-state index in [4.69, 9.17) is 11.6 Å². The Morgan fingerprint density at radius 3 is 2.95 bits per heavy atom. The first kappa shape index (κ1) is 13.7. The second kappa shape index (κ2) is 4.78. The van der Waals surface area contributed by atoms with Crippen molar-refractivity contribution in [3.05, 3.63) is 29.1 Å². The van der Waals surface area contributed by atoms with Gasteiger partial charge in [0.15, 0.2) is 0 Å². The van der Waals surface area contributed by atoms with Crippen molar-refractivity contribution >= 4 is 11.6 Å². The second-order valence-corrected chi connectivity index (χ2v) is 6.65. The molecule has 3 aliphatic rings. The van der Waals surface area contributed by atoms with Crippen molar-refractivity contribution in [3.63, 3.8) is 0 Å². The molecule has 1 aromatic rings. The zero-order chi connectivity index (χ0) is 14.7. The van der Waals surface area contributed by atoms with E-state index in [2.05, 4.69) is 17.1 Å². The molecular weight excluding hydrogens is 293 g/mol. The van der Waals surface area contributed by atoms with Crippen LogP contribution in [0.25, 0.3) is 0 Å². The lowest BCUT2D eigenvalue weighted by atomic mass is 10.1. The van der Waals surface area contributed by atoms with E-state index in [-0.39, 0.29) is 12.2 Å². The summed E-state index contributed by atoms with van der Waals surface area (Å²) < 4.78 is 15.8. The summed E-state index contributed by atoms with van der Waals surface area (Å²) in [6.45, 7) is 4.87. The number of fused-ring (bicyclic) bond motifs is 1. The molecule has 3 heterocycles. The molecule has 1 aliphatic carbocycles. The van der Waals surface area contributed by atoms with Gasteiger partial charge in [-0.25, -0.2) is 9.82 Å². The molecule has 0 radical (unpaired) electrons. The summed E-state index contributed by atoms with van der Waals surface area (Å²) in [4.78, 5) is 0. The molecule has 0 amide bonds. The summed E-state index contributed by atoms with van der Waals surface area (Å²) >= 11 is 6.23. The topological polar surface area (TPSA) is 36.3 Å². The van der Waals surface area contributed by atoms with Crippen LogP contribution >= 0.6 is 11.6 Å². The van der Waals surface area contributed by atoms with Gasteiger partial charge in [0, 0.05) is 19.7 Å². The van der Waals surface area contributed by atoms with Gasteiger partial charge in [-0.15, -0.1) is 0 Å². The van der Waals surface area contributed by atoms with Crippen LogP contribution in [0.3, 0.4) is 0 Å². The number of nitrogens with zero attached hydrogens (tertiary/aromatic N) is 4. The van der Waals surface area contributed by atoms with Gasteiger partial charge in [-0.1, -0.05) is 23.8 Å². The van der Waals surface area contributed by atoms with Gasteiger partial charge in [-0.3, -0.25) is 4.68 Å². The first-order valence-corrected chi connectivity index (χ1v) is 7.75. The van der Waals surface area contributed by atoms with E-state index in [1.807, 2.05) is 17.2 Å². The van der Waals surface area contributed by atoms with Gasteiger partial charge in [0.1, 0.15) is 12.3 Å². The van der Waals surface area contributed by atoms with Crippen LogP contribution in [0.2, 0.25) is 5.02 Å². The van der Waals surface area contributed by atoms with Crippen molar-refractivity contribution in [1.82, 2.24) is 25.3 Å². The van der Waals surface area contributed by atoms with Crippen molar-refractivity contribution < 1.29 is 4.39 Å². The summed E-state index contributed by atoms with van der Waals surface area (Å²) in [7, 11) is 1.83. The third kappa shape index (κ3) is 2.21. The van der Waals surface area contributed by atoms with Gasteiger partial charge < -0.3 is 0 Å². The number of hydrogen-bond acceptors (Lipinski definition) is 4. The number of hydrazine groups is 2. The average Bonchev–Trinajstić information content (AvgIpc) is 3.13. The molecule has 3 atom stereocenters. The number of hydrogen-bond donors (Lipinski definition) is 1. The Balaban J connectivity index is 1.54. The summed E-state index contributed by atoms with van der Waals surface area (Å²) in [5, 5.41) is 9.01. The molecule has 21 heavy (non-hydrogen) atoms. The minimum Gasteiger partial charge on any atom is -0.274 e. The molecule has 3 unspecified atom stereocenters. The highest BCUT2D eigenvalue weighted by molar-refractivity contribution is 6.31. The molecule has 0 bridgehead atoms. The number of aromatic nitrogens is 2. The number of nitrogens with one attached hydrogen (secondary N) is 1. The SMILES string of the molecule is C=C(CN1NC2C(F)CC(c3nn(C)cc3Cl)N21)C1CC1. The van der Waals surface area contributed by atoms with Crippen LogP contribution in [0.15, 0.2) is 18.3 Å². The number of aryl methyl sites for hydroxylation is 1. The molecule has 4 rings (SSSR count). The third-order valence-corrected chi connectivity index (χ3v) is 4.88. The monoisotopic (exact) mass is 311 g/mol. The second-order valence-electron chi connectivity index (χ2n) is 6.25. The fraction of sp³-hybridized carbons (Fsp3) is 0.643. The van der Waals surface area contributed by atoms with E-state index in [0.29, 0.717) is 17.4 Å². The first-order chi connectivity index (χ1) is 10.0. The van der Waals surface area contributed by atoms with Gasteiger partial charge >= 0.3 is 0 Å². The number of alkyl halides is 1. The van der Waals surface area contributed by atoms with E-state index >= 15 is 0 Å². The van der Waals surface area contributed by atoms with Gasteiger partial charge in [-0.05, 0) is 18.8 Å². The largest absolute Gasteiger partial charge is 0.274 e. The summed E-state index contributed by atoms with van der Waals surface area (Å²) in [6, 6.07) is -0.105. The predicted molar refractivity (Wildman–Crippen MR) is 77.8 cm³/mol. The lowest BCUT2D eigenvalue weighted by molar-refractivity contribution is -0.233. The van der Waals surface area contributed by atoms with Gasteiger partial charge in [0.05, 0.1) is 23.3 Å². The quantitative estimate of drug-likeness (QED) is 0.865. The normalized spacial score (nSPS) is 33.0. The molecule has 1 aromatic heterocycles. The highest BCUT2D eigenvalue weighted by atomic mass is 35.5. The molecule has 0 aromatic carbocycles. The van der Waals surface area contributed by atoms with E-state index < -0.39 is 6.17 Å². The molecule has 5 nitrogen and oxygen atoms in total. The van der Waals surface area contributed by atoms with Crippen molar-refractivity contribution in [2.75, 3.05) is 6.54 Å². The van der Waals surface area contributed by atoms with Crippen LogP contribution in [0.5, 0.6) is 0 Å². The maximum absolute atomic E-state index is 14.1.